The molecule has 3 rings (SSSR count). The van der Waals surface area contributed by atoms with Crippen LogP contribution in [0.2, 0.25) is 0 Å². The van der Waals surface area contributed by atoms with Crippen molar-refractivity contribution < 1.29 is 9.66 Å². The predicted octanol–water partition coefficient (Wildman–Crippen LogP) is 2.65. The Morgan fingerprint density at radius 3 is 2.54 bits per heavy atom. The highest BCUT2D eigenvalue weighted by atomic mass is 16.6. The van der Waals surface area contributed by atoms with Gasteiger partial charge in [0.05, 0.1) is 11.1 Å². The van der Waals surface area contributed by atoms with Crippen LogP contribution < -0.4 is 4.74 Å². The molecular formula is C16H13N5O3. The number of aromatic nitrogens is 3. The van der Waals surface area contributed by atoms with Gasteiger partial charge in [-0.3, -0.25) is 10.1 Å². The summed E-state index contributed by atoms with van der Waals surface area (Å²) in [6.07, 6.45) is 4.61. The number of ether oxygens (including phenoxy) is 1. The standard InChI is InChI=1S/C16H13N5O3/c22-21(23)15-7-5-13(6-8-15)10-24-16-4-2-1-3-14(16)9-19-20-11-17-18-12-20/h1-9,11-12H,10H2/b19-9-. The van der Waals surface area contributed by atoms with E-state index in [2.05, 4.69) is 15.3 Å². The fourth-order valence-corrected chi connectivity index (χ4v) is 1.98. The zero-order valence-electron chi connectivity index (χ0n) is 12.5. The third kappa shape index (κ3) is 3.80. The van der Waals surface area contributed by atoms with E-state index in [1.165, 1.54) is 29.5 Å². The second-order valence-electron chi connectivity index (χ2n) is 4.84. The molecule has 0 N–H and O–H groups in total. The maximum atomic E-state index is 10.7. The van der Waals surface area contributed by atoms with Gasteiger partial charge >= 0.3 is 0 Å². The zero-order valence-corrected chi connectivity index (χ0v) is 12.5. The first-order valence-electron chi connectivity index (χ1n) is 7.06. The smallest absolute Gasteiger partial charge is 0.269 e. The van der Waals surface area contributed by atoms with Crippen molar-refractivity contribution in [1.29, 1.82) is 0 Å². The predicted molar refractivity (Wildman–Crippen MR) is 86.9 cm³/mol. The molecule has 0 atom stereocenters. The van der Waals surface area contributed by atoms with Crippen LogP contribution in [-0.2, 0) is 6.61 Å². The van der Waals surface area contributed by atoms with Gasteiger partial charge in [0.25, 0.3) is 5.69 Å². The highest BCUT2D eigenvalue weighted by molar-refractivity contribution is 5.83. The fraction of sp³-hybridized carbons (Fsp3) is 0.0625. The third-order valence-electron chi connectivity index (χ3n) is 3.20. The molecule has 0 spiro atoms. The lowest BCUT2D eigenvalue weighted by atomic mass is 10.2. The van der Waals surface area contributed by atoms with Gasteiger partial charge in [-0.05, 0) is 29.8 Å². The Balaban J connectivity index is 1.70. The second kappa shape index (κ2) is 7.14. The van der Waals surface area contributed by atoms with Crippen molar-refractivity contribution in [3.05, 3.63) is 82.4 Å². The third-order valence-corrected chi connectivity index (χ3v) is 3.20. The van der Waals surface area contributed by atoms with Crippen molar-refractivity contribution in [2.45, 2.75) is 6.61 Å². The molecule has 1 aromatic heterocycles. The average molecular weight is 323 g/mol. The molecule has 3 aromatic rings. The van der Waals surface area contributed by atoms with Crippen molar-refractivity contribution in [1.82, 2.24) is 14.9 Å². The summed E-state index contributed by atoms with van der Waals surface area (Å²) in [5, 5.41) is 22.2. The van der Waals surface area contributed by atoms with Gasteiger partial charge in [-0.2, -0.15) is 5.10 Å². The minimum Gasteiger partial charge on any atom is -0.488 e. The Bertz CT molecular complexity index is 844. The van der Waals surface area contributed by atoms with Crippen LogP contribution >= 0.6 is 0 Å². The summed E-state index contributed by atoms with van der Waals surface area (Å²) >= 11 is 0. The topological polar surface area (TPSA) is 95.4 Å². The van der Waals surface area contributed by atoms with Crippen LogP contribution in [0, 0.1) is 10.1 Å². The van der Waals surface area contributed by atoms with Crippen molar-refractivity contribution in [3.8, 4) is 5.75 Å². The number of para-hydroxylation sites is 1. The molecule has 0 unspecified atom stereocenters. The number of nitrogens with zero attached hydrogens (tertiary/aromatic N) is 5. The first-order chi connectivity index (χ1) is 11.7. The molecule has 24 heavy (non-hydrogen) atoms. The largest absolute Gasteiger partial charge is 0.488 e. The Morgan fingerprint density at radius 1 is 1.12 bits per heavy atom. The van der Waals surface area contributed by atoms with E-state index in [4.69, 9.17) is 4.74 Å². The van der Waals surface area contributed by atoms with Gasteiger partial charge in [0, 0.05) is 17.7 Å². The van der Waals surface area contributed by atoms with Gasteiger partial charge in [-0.15, -0.1) is 10.2 Å². The fourth-order valence-electron chi connectivity index (χ4n) is 1.98. The molecule has 0 saturated carbocycles. The summed E-state index contributed by atoms with van der Waals surface area (Å²) in [6, 6.07) is 13.7. The van der Waals surface area contributed by atoms with Gasteiger partial charge in [0.1, 0.15) is 25.0 Å². The first kappa shape index (κ1) is 15.3. The van der Waals surface area contributed by atoms with Gasteiger partial charge in [-0.25, -0.2) is 4.68 Å². The number of benzene rings is 2. The molecule has 120 valence electrons. The van der Waals surface area contributed by atoms with E-state index in [9.17, 15) is 10.1 Å². The highest BCUT2D eigenvalue weighted by Gasteiger charge is 2.05. The Labute approximate surface area is 137 Å². The molecule has 8 nitrogen and oxygen atoms in total. The number of hydrogen-bond acceptors (Lipinski definition) is 6. The van der Waals surface area contributed by atoms with Crippen LogP contribution in [0.3, 0.4) is 0 Å². The minimum absolute atomic E-state index is 0.0558. The van der Waals surface area contributed by atoms with Crippen molar-refractivity contribution in [2.75, 3.05) is 0 Å². The van der Waals surface area contributed by atoms with Crippen LogP contribution in [-0.4, -0.2) is 26.0 Å². The average Bonchev–Trinajstić information content (AvgIpc) is 3.12. The van der Waals surface area contributed by atoms with E-state index < -0.39 is 4.92 Å². The van der Waals surface area contributed by atoms with E-state index >= 15 is 0 Å². The molecule has 0 radical (unpaired) electrons. The molecule has 8 heteroatoms. The molecule has 0 fully saturated rings. The van der Waals surface area contributed by atoms with E-state index in [0.717, 1.165) is 11.1 Å². The molecule has 0 bridgehead atoms. The van der Waals surface area contributed by atoms with Crippen LogP contribution in [0.5, 0.6) is 5.75 Å². The summed E-state index contributed by atoms with van der Waals surface area (Å²) in [7, 11) is 0. The Hall–Kier alpha value is -3.55. The van der Waals surface area contributed by atoms with Crippen molar-refractivity contribution in [2.24, 2.45) is 5.10 Å². The minimum atomic E-state index is -0.429. The Kier molecular flexibility index (Phi) is 4.57. The quantitative estimate of drug-likeness (QED) is 0.395. The van der Waals surface area contributed by atoms with Crippen LogP contribution in [0.25, 0.3) is 0 Å². The SMILES string of the molecule is O=[N+]([O-])c1ccc(COc2ccccc2/C=N\n2cnnc2)cc1. The lowest BCUT2D eigenvalue weighted by molar-refractivity contribution is -0.384. The maximum absolute atomic E-state index is 10.7. The molecule has 0 saturated heterocycles. The molecule has 0 amide bonds. The number of nitro groups is 1. The summed E-state index contributed by atoms with van der Waals surface area (Å²) in [5.41, 5.74) is 1.69. The summed E-state index contributed by atoms with van der Waals surface area (Å²) in [5.74, 6) is 0.660. The number of nitro benzene ring substituents is 1. The molecular weight excluding hydrogens is 310 g/mol. The molecule has 0 aliphatic rings. The van der Waals surface area contributed by atoms with Gasteiger partial charge < -0.3 is 4.74 Å². The van der Waals surface area contributed by atoms with Crippen molar-refractivity contribution in [3.63, 3.8) is 0 Å². The van der Waals surface area contributed by atoms with E-state index in [0.29, 0.717) is 12.4 Å². The molecule has 0 aliphatic heterocycles. The molecule has 2 aromatic carbocycles. The number of non-ortho nitro benzene ring substituents is 1. The van der Waals surface area contributed by atoms with Gasteiger partial charge in [0.15, 0.2) is 0 Å². The second-order valence-corrected chi connectivity index (χ2v) is 4.84. The lowest BCUT2D eigenvalue weighted by Crippen LogP contribution is -1.99. The van der Waals surface area contributed by atoms with Gasteiger partial charge in [0.2, 0.25) is 0 Å². The molecule has 0 aliphatic carbocycles. The van der Waals surface area contributed by atoms with Crippen LogP contribution in [0.15, 0.2) is 66.3 Å². The maximum Gasteiger partial charge on any atom is 0.269 e. The highest BCUT2D eigenvalue weighted by Crippen LogP contribution is 2.19. The van der Waals surface area contributed by atoms with Gasteiger partial charge in [-0.1, -0.05) is 12.1 Å². The number of hydrogen-bond donors (Lipinski definition) is 0. The van der Waals surface area contributed by atoms with E-state index in [-0.39, 0.29) is 5.69 Å². The summed E-state index contributed by atoms with van der Waals surface area (Å²) in [4.78, 5) is 10.2. The van der Waals surface area contributed by atoms with Crippen LogP contribution in [0.4, 0.5) is 5.69 Å². The van der Waals surface area contributed by atoms with E-state index in [1.54, 1.807) is 18.3 Å². The van der Waals surface area contributed by atoms with E-state index in [1.807, 2.05) is 24.3 Å². The molecule has 1 heterocycles. The van der Waals surface area contributed by atoms with Crippen LogP contribution in [0.1, 0.15) is 11.1 Å². The van der Waals surface area contributed by atoms with Crippen molar-refractivity contribution >= 4 is 11.9 Å². The number of rotatable bonds is 6. The zero-order chi connectivity index (χ0) is 16.8. The summed E-state index contributed by atoms with van der Waals surface area (Å²) in [6.45, 7) is 0.301. The monoisotopic (exact) mass is 323 g/mol. The normalized spacial score (nSPS) is 10.8. The lowest BCUT2D eigenvalue weighted by Gasteiger charge is -2.08. The summed E-state index contributed by atoms with van der Waals surface area (Å²) < 4.78 is 7.27. The Morgan fingerprint density at radius 2 is 1.83 bits per heavy atom. The first-order valence-corrected chi connectivity index (χ1v) is 7.06.